The van der Waals surface area contributed by atoms with E-state index in [1.165, 1.54) is 0 Å². The lowest BCUT2D eigenvalue weighted by molar-refractivity contribution is -0.402. The van der Waals surface area contributed by atoms with Gasteiger partial charge in [-0.3, -0.25) is 14.9 Å². The van der Waals surface area contributed by atoms with Crippen molar-refractivity contribution in [3.05, 3.63) is 22.4 Å². The first-order valence-electron chi connectivity index (χ1n) is 5.65. The Morgan fingerprint density at radius 2 is 1.69 bits per heavy atom. The molecular formula is C11H19NO4. The zero-order chi connectivity index (χ0) is 12.2. The largest absolute Gasteiger partial charge is 0.481 e. The van der Waals surface area contributed by atoms with E-state index in [1.807, 2.05) is 0 Å². The van der Waals surface area contributed by atoms with Crippen LogP contribution in [0.1, 0.15) is 51.4 Å². The zero-order valence-electron chi connectivity index (χ0n) is 9.43. The highest BCUT2D eigenvalue weighted by molar-refractivity contribution is 5.66. The lowest BCUT2D eigenvalue weighted by atomic mass is 10.1. The van der Waals surface area contributed by atoms with Gasteiger partial charge in [0.25, 0.3) is 0 Å². The van der Waals surface area contributed by atoms with Gasteiger partial charge in [0.1, 0.15) is 0 Å². The summed E-state index contributed by atoms with van der Waals surface area (Å²) in [5.74, 6) is -0.732. The van der Waals surface area contributed by atoms with E-state index in [-0.39, 0.29) is 6.42 Å². The monoisotopic (exact) mass is 229 g/mol. The standard InChI is InChI=1S/C11H19NO4/c13-11(14)9-7-5-3-1-2-4-6-8-10-12(15)16/h8,10H,1-7,9H2,(H,13,14). The van der Waals surface area contributed by atoms with Crippen LogP contribution in [0, 0.1) is 10.1 Å². The highest BCUT2D eigenvalue weighted by Crippen LogP contribution is 2.08. The molecule has 0 unspecified atom stereocenters. The van der Waals surface area contributed by atoms with Gasteiger partial charge in [-0.15, -0.1) is 0 Å². The molecule has 0 aliphatic rings. The van der Waals surface area contributed by atoms with Crippen LogP contribution in [-0.4, -0.2) is 16.0 Å². The Labute approximate surface area is 95.3 Å². The fraction of sp³-hybridized carbons (Fsp3) is 0.727. The van der Waals surface area contributed by atoms with Gasteiger partial charge < -0.3 is 5.11 Å². The molecule has 5 heteroatoms. The summed E-state index contributed by atoms with van der Waals surface area (Å²) in [5, 5.41) is 18.3. The molecule has 0 saturated heterocycles. The molecule has 0 heterocycles. The molecule has 1 N–H and O–H groups in total. The Bertz CT molecular complexity index is 238. The van der Waals surface area contributed by atoms with E-state index in [2.05, 4.69) is 0 Å². The summed E-state index contributed by atoms with van der Waals surface area (Å²) in [4.78, 5) is 19.7. The van der Waals surface area contributed by atoms with Crippen molar-refractivity contribution < 1.29 is 14.8 Å². The third-order valence-corrected chi connectivity index (χ3v) is 2.24. The first-order valence-corrected chi connectivity index (χ1v) is 5.65. The molecule has 0 aromatic rings. The third-order valence-electron chi connectivity index (χ3n) is 2.24. The number of hydrogen-bond donors (Lipinski definition) is 1. The van der Waals surface area contributed by atoms with Crippen LogP contribution < -0.4 is 0 Å². The van der Waals surface area contributed by atoms with Crippen molar-refractivity contribution in [3.63, 3.8) is 0 Å². The molecule has 0 radical (unpaired) electrons. The molecule has 0 aromatic heterocycles. The molecule has 0 spiro atoms. The molecule has 0 rings (SSSR count). The van der Waals surface area contributed by atoms with Crippen LogP contribution in [-0.2, 0) is 4.79 Å². The average Bonchev–Trinajstić information content (AvgIpc) is 2.20. The first-order chi connectivity index (χ1) is 7.63. The minimum atomic E-state index is -0.732. The van der Waals surface area contributed by atoms with Gasteiger partial charge in [-0.2, -0.15) is 0 Å². The molecular weight excluding hydrogens is 210 g/mol. The quantitative estimate of drug-likeness (QED) is 0.354. The Morgan fingerprint density at radius 3 is 2.25 bits per heavy atom. The van der Waals surface area contributed by atoms with Gasteiger partial charge in [0.15, 0.2) is 0 Å². The molecule has 0 bridgehead atoms. The minimum Gasteiger partial charge on any atom is -0.481 e. The molecule has 0 aromatic carbocycles. The van der Waals surface area contributed by atoms with Crippen molar-refractivity contribution in [2.75, 3.05) is 0 Å². The number of carboxylic acids is 1. The Balaban J connectivity index is 3.10. The summed E-state index contributed by atoms with van der Waals surface area (Å²) in [7, 11) is 0. The summed E-state index contributed by atoms with van der Waals surface area (Å²) in [5.41, 5.74) is 0. The van der Waals surface area contributed by atoms with Gasteiger partial charge in [-0.05, 0) is 25.3 Å². The summed E-state index contributed by atoms with van der Waals surface area (Å²) in [6, 6.07) is 0. The van der Waals surface area contributed by atoms with E-state index in [0.29, 0.717) is 0 Å². The number of allylic oxidation sites excluding steroid dienone is 1. The van der Waals surface area contributed by atoms with Crippen LogP contribution in [0.3, 0.4) is 0 Å². The lowest BCUT2D eigenvalue weighted by Crippen LogP contribution is -1.93. The molecule has 0 aliphatic carbocycles. The maximum absolute atomic E-state index is 10.2. The number of unbranched alkanes of at least 4 members (excludes halogenated alkanes) is 6. The van der Waals surface area contributed by atoms with Crippen LogP contribution >= 0.6 is 0 Å². The van der Waals surface area contributed by atoms with E-state index in [4.69, 9.17) is 5.11 Å². The molecule has 0 atom stereocenters. The van der Waals surface area contributed by atoms with Crippen molar-refractivity contribution in [2.24, 2.45) is 0 Å². The number of carboxylic acid groups (broad SMARTS) is 1. The van der Waals surface area contributed by atoms with Gasteiger partial charge in [0, 0.05) is 6.42 Å². The first kappa shape index (κ1) is 14.6. The molecule has 5 nitrogen and oxygen atoms in total. The Kier molecular flexibility index (Phi) is 9.26. The molecule has 92 valence electrons. The number of hydrogen-bond acceptors (Lipinski definition) is 3. The highest BCUT2D eigenvalue weighted by Gasteiger charge is 1.96. The van der Waals surface area contributed by atoms with Crippen molar-refractivity contribution in [3.8, 4) is 0 Å². The topological polar surface area (TPSA) is 80.4 Å². The maximum atomic E-state index is 10.2. The lowest BCUT2D eigenvalue weighted by Gasteiger charge is -1.98. The van der Waals surface area contributed by atoms with Crippen molar-refractivity contribution in [2.45, 2.75) is 51.4 Å². The van der Waals surface area contributed by atoms with E-state index < -0.39 is 10.9 Å². The van der Waals surface area contributed by atoms with Crippen LogP contribution in [0.25, 0.3) is 0 Å². The van der Waals surface area contributed by atoms with Crippen molar-refractivity contribution in [1.82, 2.24) is 0 Å². The normalized spacial score (nSPS) is 10.8. The maximum Gasteiger partial charge on any atom is 0.303 e. The molecule has 0 fully saturated rings. The van der Waals surface area contributed by atoms with Gasteiger partial charge in [-0.1, -0.05) is 25.7 Å². The van der Waals surface area contributed by atoms with Gasteiger partial charge in [0.05, 0.1) is 4.92 Å². The SMILES string of the molecule is O=C(O)CCCCCCCCC=C[N+](=O)[O-]. The van der Waals surface area contributed by atoms with E-state index in [1.54, 1.807) is 6.08 Å². The van der Waals surface area contributed by atoms with E-state index >= 15 is 0 Å². The predicted molar refractivity (Wildman–Crippen MR) is 60.7 cm³/mol. The third kappa shape index (κ3) is 12.6. The molecule has 0 amide bonds. The average molecular weight is 229 g/mol. The van der Waals surface area contributed by atoms with Crippen LogP contribution in [0.2, 0.25) is 0 Å². The zero-order valence-corrected chi connectivity index (χ0v) is 9.43. The summed E-state index contributed by atoms with van der Waals surface area (Å²) in [6.45, 7) is 0. The molecule has 0 saturated carbocycles. The van der Waals surface area contributed by atoms with E-state index in [9.17, 15) is 14.9 Å². The molecule has 16 heavy (non-hydrogen) atoms. The van der Waals surface area contributed by atoms with Crippen molar-refractivity contribution >= 4 is 5.97 Å². The summed E-state index contributed by atoms with van der Waals surface area (Å²) < 4.78 is 0. The van der Waals surface area contributed by atoms with Crippen LogP contribution in [0.15, 0.2) is 12.3 Å². The number of nitrogens with zero attached hydrogens (tertiary/aromatic N) is 1. The fourth-order valence-electron chi connectivity index (χ4n) is 1.41. The second-order valence-electron chi connectivity index (χ2n) is 3.72. The number of aliphatic carboxylic acids is 1. The Morgan fingerprint density at radius 1 is 1.12 bits per heavy atom. The van der Waals surface area contributed by atoms with Gasteiger partial charge in [-0.25, -0.2) is 0 Å². The Hall–Kier alpha value is -1.39. The highest BCUT2D eigenvalue weighted by atomic mass is 16.6. The van der Waals surface area contributed by atoms with Gasteiger partial charge in [0.2, 0.25) is 6.20 Å². The fourth-order valence-corrected chi connectivity index (χ4v) is 1.41. The molecule has 0 aliphatic heterocycles. The van der Waals surface area contributed by atoms with Gasteiger partial charge >= 0.3 is 5.97 Å². The predicted octanol–water partition coefficient (Wildman–Crippen LogP) is 2.98. The number of carbonyl (C=O) groups is 1. The smallest absolute Gasteiger partial charge is 0.303 e. The minimum absolute atomic E-state index is 0.256. The van der Waals surface area contributed by atoms with Crippen molar-refractivity contribution in [1.29, 1.82) is 0 Å². The number of nitro groups is 1. The second kappa shape index (κ2) is 10.1. The number of rotatable bonds is 10. The van der Waals surface area contributed by atoms with E-state index in [0.717, 1.165) is 51.1 Å². The van der Waals surface area contributed by atoms with Crippen LogP contribution in [0.4, 0.5) is 0 Å². The van der Waals surface area contributed by atoms with Crippen LogP contribution in [0.5, 0.6) is 0 Å². The summed E-state index contributed by atoms with van der Waals surface area (Å²) >= 11 is 0. The second-order valence-corrected chi connectivity index (χ2v) is 3.72. The summed E-state index contributed by atoms with van der Waals surface area (Å²) in [6.07, 6.45) is 9.39.